The summed E-state index contributed by atoms with van der Waals surface area (Å²) in [6.07, 6.45) is 5.12. The van der Waals surface area contributed by atoms with Gasteiger partial charge in [-0.05, 0) is 38.7 Å². The molecular weight excluding hydrogens is 350 g/mol. The number of amides is 1. The maximum atomic E-state index is 12.8. The number of aromatic nitrogens is 2. The Morgan fingerprint density at radius 2 is 1.96 bits per heavy atom. The summed E-state index contributed by atoms with van der Waals surface area (Å²) in [6.45, 7) is 6.92. The zero-order valence-corrected chi connectivity index (χ0v) is 16.5. The highest BCUT2D eigenvalue weighted by Gasteiger charge is 2.17. The van der Waals surface area contributed by atoms with Gasteiger partial charge in [-0.2, -0.15) is 0 Å². The summed E-state index contributed by atoms with van der Waals surface area (Å²) in [6, 6.07) is 5.39. The number of thioether (sulfide) groups is 1. The number of carbonyl (C=O) groups is 1. The van der Waals surface area contributed by atoms with Gasteiger partial charge < -0.3 is 14.8 Å². The molecule has 26 heavy (non-hydrogen) atoms. The number of carbonyl (C=O) groups excluding carboxylic acids is 1. The molecule has 0 aliphatic heterocycles. The molecule has 1 aromatic carbocycles. The molecule has 0 fully saturated rings. The summed E-state index contributed by atoms with van der Waals surface area (Å²) in [7, 11) is 0. The van der Waals surface area contributed by atoms with Gasteiger partial charge in [-0.3, -0.25) is 4.79 Å². The molecule has 1 amide bonds. The van der Waals surface area contributed by atoms with Gasteiger partial charge in [-0.15, -0.1) is 0 Å². The molecule has 0 saturated heterocycles. The van der Waals surface area contributed by atoms with E-state index in [0.717, 1.165) is 18.5 Å². The highest BCUT2D eigenvalue weighted by molar-refractivity contribution is 7.98. The SMILES string of the molecule is CCCc1nc(SC)ncc1C(=O)Nc1cc(OCC)ccc1OCC. The van der Waals surface area contributed by atoms with Crippen LogP contribution >= 0.6 is 11.8 Å². The number of anilines is 1. The quantitative estimate of drug-likeness (QED) is 0.523. The van der Waals surface area contributed by atoms with Crippen LogP contribution in [0.25, 0.3) is 0 Å². The third-order valence-corrected chi connectivity index (χ3v) is 4.13. The van der Waals surface area contributed by atoms with Crippen LogP contribution in [0.1, 0.15) is 43.2 Å². The molecule has 0 radical (unpaired) electrons. The van der Waals surface area contributed by atoms with Crippen molar-refractivity contribution in [2.24, 2.45) is 0 Å². The Morgan fingerprint density at radius 3 is 2.62 bits per heavy atom. The second kappa shape index (κ2) is 10.0. The Bertz CT molecular complexity index is 753. The predicted molar refractivity (Wildman–Crippen MR) is 105 cm³/mol. The van der Waals surface area contributed by atoms with E-state index in [4.69, 9.17) is 9.47 Å². The van der Waals surface area contributed by atoms with Gasteiger partial charge in [0.05, 0.1) is 30.2 Å². The van der Waals surface area contributed by atoms with Crippen molar-refractivity contribution in [3.63, 3.8) is 0 Å². The van der Waals surface area contributed by atoms with Gasteiger partial charge in [0.15, 0.2) is 5.16 Å². The van der Waals surface area contributed by atoms with Crippen LogP contribution < -0.4 is 14.8 Å². The van der Waals surface area contributed by atoms with Gasteiger partial charge in [0.25, 0.3) is 5.91 Å². The van der Waals surface area contributed by atoms with Crippen LogP contribution in [0.2, 0.25) is 0 Å². The van der Waals surface area contributed by atoms with Gasteiger partial charge in [0, 0.05) is 12.3 Å². The minimum atomic E-state index is -0.254. The molecule has 140 valence electrons. The molecule has 2 rings (SSSR count). The lowest BCUT2D eigenvalue weighted by atomic mass is 10.1. The average Bonchev–Trinajstić information content (AvgIpc) is 2.64. The summed E-state index contributed by atoms with van der Waals surface area (Å²) in [4.78, 5) is 21.6. The van der Waals surface area contributed by atoms with Crippen LogP contribution in [0, 0.1) is 0 Å². The molecule has 6 nitrogen and oxygen atoms in total. The first kappa shape index (κ1) is 20.0. The second-order valence-electron chi connectivity index (χ2n) is 5.45. The third kappa shape index (κ3) is 5.11. The van der Waals surface area contributed by atoms with Crippen molar-refractivity contribution in [3.8, 4) is 11.5 Å². The molecule has 0 saturated carbocycles. The molecule has 0 bridgehead atoms. The van der Waals surface area contributed by atoms with E-state index in [-0.39, 0.29) is 5.91 Å². The first-order valence-corrected chi connectivity index (χ1v) is 9.96. The van der Waals surface area contributed by atoms with Crippen LogP contribution in [-0.2, 0) is 6.42 Å². The van der Waals surface area contributed by atoms with Crippen molar-refractivity contribution >= 4 is 23.4 Å². The van der Waals surface area contributed by atoms with Crippen molar-refractivity contribution in [1.29, 1.82) is 0 Å². The highest BCUT2D eigenvalue weighted by atomic mass is 32.2. The summed E-state index contributed by atoms with van der Waals surface area (Å²) in [5.74, 6) is 1.02. The number of ether oxygens (including phenoxy) is 2. The fourth-order valence-corrected chi connectivity index (χ4v) is 2.81. The molecule has 0 unspecified atom stereocenters. The minimum Gasteiger partial charge on any atom is -0.494 e. The smallest absolute Gasteiger partial charge is 0.259 e. The van der Waals surface area contributed by atoms with Crippen LogP contribution in [0.5, 0.6) is 11.5 Å². The second-order valence-corrected chi connectivity index (χ2v) is 6.22. The zero-order chi connectivity index (χ0) is 18.9. The Labute approximate surface area is 158 Å². The lowest BCUT2D eigenvalue weighted by Gasteiger charge is -2.14. The number of benzene rings is 1. The standard InChI is InChI=1S/C19H25N3O3S/c1-5-8-15-14(12-20-19(22-15)26-4)18(23)21-16-11-13(24-6-2)9-10-17(16)25-7-3/h9-12H,5-8H2,1-4H3,(H,21,23). The number of nitrogens with one attached hydrogen (secondary N) is 1. The van der Waals surface area contributed by atoms with E-state index in [2.05, 4.69) is 22.2 Å². The lowest BCUT2D eigenvalue weighted by Crippen LogP contribution is -2.17. The van der Waals surface area contributed by atoms with Crippen molar-refractivity contribution in [1.82, 2.24) is 9.97 Å². The monoisotopic (exact) mass is 375 g/mol. The lowest BCUT2D eigenvalue weighted by molar-refractivity contribution is 0.102. The summed E-state index contributed by atoms with van der Waals surface area (Å²) >= 11 is 1.46. The van der Waals surface area contributed by atoms with Crippen molar-refractivity contribution in [2.45, 2.75) is 38.8 Å². The van der Waals surface area contributed by atoms with Gasteiger partial charge >= 0.3 is 0 Å². The average molecular weight is 375 g/mol. The molecule has 1 aromatic heterocycles. The molecular formula is C19H25N3O3S. The molecule has 7 heteroatoms. The van der Waals surface area contributed by atoms with E-state index in [1.807, 2.05) is 26.2 Å². The summed E-state index contributed by atoms with van der Waals surface area (Å²) in [5.41, 5.74) is 1.80. The number of aryl methyl sites for hydroxylation is 1. The number of nitrogens with zero attached hydrogens (tertiary/aromatic N) is 2. The Balaban J connectivity index is 2.32. The van der Waals surface area contributed by atoms with Gasteiger partial charge in [-0.1, -0.05) is 25.1 Å². The van der Waals surface area contributed by atoms with Crippen molar-refractivity contribution in [2.75, 3.05) is 24.8 Å². The molecule has 1 N–H and O–H groups in total. The van der Waals surface area contributed by atoms with Crippen LogP contribution in [0.3, 0.4) is 0 Å². The number of hydrogen-bond acceptors (Lipinski definition) is 6. The van der Waals surface area contributed by atoms with E-state index < -0.39 is 0 Å². The van der Waals surface area contributed by atoms with E-state index in [1.54, 1.807) is 18.3 Å². The topological polar surface area (TPSA) is 73.3 Å². The highest BCUT2D eigenvalue weighted by Crippen LogP contribution is 2.30. The van der Waals surface area contributed by atoms with Crippen LogP contribution in [0.4, 0.5) is 5.69 Å². The Hall–Kier alpha value is -2.28. The molecule has 0 spiro atoms. The van der Waals surface area contributed by atoms with E-state index in [9.17, 15) is 4.79 Å². The van der Waals surface area contributed by atoms with Crippen LogP contribution in [-0.4, -0.2) is 35.3 Å². The van der Waals surface area contributed by atoms with E-state index in [0.29, 0.717) is 41.1 Å². The van der Waals surface area contributed by atoms with Gasteiger partial charge in [0.2, 0.25) is 0 Å². The Kier molecular flexibility index (Phi) is 7.72. The van der Waals surface area contributed by atoms with E-state index in [1.165, 1.54) is 11.8 Å². The largest absolute Gasteiger partial charge is 0.494 e. The third-order valence-electron chi connectivity index (χ3n) is 3.57. The molecule has 1 heterocycles. The maximum Gasteiger partial charge on any atom is 0.259 e. The maximum absolute atomic E-state index is 12.8. The fraction of sp³-hybridized carbons (Fsp3) is 0.421. The van der Waals surface area contributed by atoms with Gasteiger partial charge in [-0.25, -0.2) is 9.97 Å². The zero-order valence-electron chi connectivity index (χ0n) is 15.7. The normalized spacial score (nSPS) is 10.5. The summed E-state index contributed by atoms with van der Waals surface area (Å²) in [5, 5.41) is 3.58. The molecule has 2 aromatic rings. The van der Waals surface area contributed by atoms with Crippen molar-refractivity contribution in [3.05, 3.63) is 35.7 Å². The fourth-order valence-electron chi connectivity index (χ4n) is 2.45. The minimum absolute atomic E-state index is 0.254. The van der Waals surface area contributed by atoms with Crippen molar-refractivity contribution < 1.29 is 14.3 Å². The number of hydrogen-bond donors (Lipinski definition) is 1. The predicted octanol–water partition coefficient (Wildman–Crippen LogP) is 4.20. The Morgan fingerprint density at radius 1 is 1.19 bits per heavy atom. The number of rotatable bonds is 9. The van der Waals surface area contributed by atoms with E-state index >= 15 is 0 Å². The summed E-state index contributed by atoms with van der Waals surface area (Å²) < 4.78 is 11.1. The van der Waals surface area contributed by atoms with Crippen LogP contribution in [0.15, 0.2) is 29.6 Å². The van der Waals surface area contributed by atoms with Gasteiger partial charge in [0.1, 0.15) is 11.5 Å². The molecule has 0 atom stereocenters. The first-order valence-electron chi connectivity index (χ1n) is 8.73. The first-order chi connectivity index (χ1) is 12.6. The molecule has 0 aliphatic carbocycles. The molecule has 0 aliphatic rings.